The molecular formula is C8H16O2. The summed E-state index contributed by atoms with van der Waals surface area (Å²) in [6, 6.07) is 0. The fourth-order valence-corrected chi connectivity index (χ4v) is 0.123. The first-order valence-electron chi connectivity index (χ1n) is 3.46. The van der Waals surface area contributed by atoms with E-state index < -0.39 is 5.97 Å². The summed E-state index contributed by atoms with van der Waals surface area (Å²) in [6.07, 6.45) is 2.81. The minimum absolute atomic E-state index is 0.389. The SMILES string of the molecule is CC=C(C)C(=O)O.CCC. The fraction of sp³-hybridized carbons (Fsp3) is 0.625. The summed E-state index contributed by atoms with van der Waals surface area (Å²) in [5.41, 5.74) is 0.389. The molecule has 1 N–H and O–H groups in total. The Labute approximate surface area is 62.6 Å². The highest BCUT2D eigenvalue weighted by atomic mass is 16.4. The molecule has 0 aliphatic carbocycles. The van der Waals surface area contributed by atoms with Crippen molar-refractivity contribution in [1.29, 1.82) is 0 Å². The Hall–Kier alpha value is -0.790. The van der Waals surface area contributed by atoms with Gasteiger partial charge in [-0.2, -0.15) is 0 Å². The molecule has 0 saturated carbocycles. The summed E-state index contributed by atoms with van der Waals surface area (Å²) in [6.45, 7) is 7.51. The second-order valence-electron chi connectivity index (χ2n) is 1.98. The number of carboxylic acid groups (broad SMARTS) is 1. The van der Waals surface area contributed by atoms with Crippen molar-refractivity contribution in [2.45, 2.75) is 34.1 Å². The predicted octanol–water partition coefficient (Wildman–Crippen LogP) is 2.45. The molecule has 0 radical (unpaired) electrons. The molecule has 0 aliphatic rings. The Morgan fingerprint density at radius 3 is 1.80 bits per heavy atom. The van der Waals surface area contributed by atoms with Crippen LogP contribution in [-0.2, 0) is 4.79 Å². The van der Waals surface area contributed by atoms with Crippen LogP contribution in [0.3, 0.4) is 0 Å². The van der Waals surface area contributed by atoms with Crippen molar-refractivity contribution < 1.29 is 9.90 Å². The Morgan fingerprint density at radius 2 is 1.80 bits per heavy atom. The monoisotopic (exact) mass is 144 g/mol. The van der Waals surface area contributed by atoms with Crippen molar-refractivity contribution in [1.82, 2.24) is 0 Å². The minimum Gasteiger partial charge on any atom is -0.478 e. The van der Waals surface area contributed by atoms with Crippen molar-refractivity contribution in [3.05, 3.63) is 11.6 Å². The van der Waals surface area contributed by atoms with Gasteiger partial charge in [-0.15, -0.1) is 0 Å². The zero-order chi connectivity index (χ0) is 8.57. The summed E-state index contributed by atoms with van der Waals surface area (Å²) in [7, 11) is 0. The van der Waals surface area contributed by atoms with E-state index in [9.17, 15) is 4.79 Å². The number of hydrogen-bond donors (Lipinski definition) is 1. The van der Waals surface area contributed by atoms with Gasteiger partial charge in [-0.3, -0.25) is 0 Å². The molecule has 10 heavy (non-hydrogen) atoms. The molecule has 2 heteroatoms. The van der Waals surface area contributed by atoms with Gasteiger partial charge in [0.05, 0.1) is 0 Å². The maximum Gasteiger partial charge on any atom is 0.330 e. The van der Waals surface area contributed by atoms with E-state index in [4.69, 9.17) is 5.11 Å². The molecule has 0 amide bonds. The first-order valence-corrected chi connectivity index (χ1v) is 3.46. The van der Waals surface area contributed by atoms with Crippen LogP contribution in [0.2, 0.25) is 0 Å². The Bertz CT molecular complexity index is 114. The van der Waals surface area contributed by atoms with Crippen LogP contribution in [0.15, 0.2) is 11.6 Å². The lowest BCUT2D eigenvalue weighted by Gasteiger charge is -1.84. The summed E-state index contributed by atoms with van der Waals surface area (Å²) in [4.78, 5) is 9.86. The normalized spacial score (nSPS) is 9.80. The summed E-state index contributed by atoms with van der Waals surface area (Å²) in [5.74, 6) is -0.845. The molecule has 0 saturated heterocycles. The van der Waals surface area contributed by atoms with Crippen LogP contribution in [0, 0.1) is 0 Å². The molecule has 0 aromatic heterocycles. The largest absolute Gasteiger partial charge is 0.478 e. The maximum absolute atomic E-state index is 9.86. The number of carboxylic acids is 1. The Balaban J connectivity index is 0. The van der Waals surface area contributed by atoms with Gasteiger partial charge in [-0.25, -0.2) is 4.79 Å². The average Bonchev–Trinajstić information content (AvgIpc) is 1.88. The molecule has 0 fully saturated rings. The van der Waals surface area contributed by atoms with E-state index in [0.717, 1.165) is 0 Å². The van der Waals surface area contributed by atoms with E-state index in [1.807, 2.05) is 0 Å². The van der Waals surface area contributed by atoms with Crippen molar-refractivity contribution in [2.75, 3.05) is 0 Å². The number of allylic oxidation sites excluding steroid dienone is 1. The number of hydrogen-bond acceptors (Lipinski definition) is 1. The van der Waals surface area contributed by atoms with Gasteiger partial charge in [0.15, 0.2) is 0 Å². The van der Waals surface area contributed by atoms with Crippen LogP contribution in [0.1, 0.15) is 34.1 Å². The minimum atomic E-state index is -0.845. The zero-order valence-corrected chi connectivity index (χ0v) is 7.14. The number of carbonyl (C=O) groups is 1. The third-order valence-corrected chi connectivity index (χ3v) is 0.770. The molecule has 0 aromatic rings. The number of aliphatic carboxylic acids is 1. The molecule has 0 aromatic carbocycles. The van der Waals surface area contributed by atoms with E-state index in [1.54, 1.807) is 19.9 Å². The molecule has 0 aliphatic heterocycles. The Kier molecular flexibility index (Phi) is 9.80. The van der Waals surface area contributed by atoms with E-state index in [0.29, 0.717) is 5.57 Å². The van der Waals surface area contributed by atoms with Gasteiger partial charge in [0.25, 0.3) is 0 Å². The van der Waals surface area contributed by atoms with Gasteiger partial charge in [0.2, 0.25) is 0 Å². The topological polar surface area (TPSA) is 37.3 Å². The van der Waals surface area contributed by atoms with Gasteiger partial charge in [-0.05, 0) is 13.8 Å². The van der Waals surface area contributed by atoms with Gasteiger partial charge in [-0.1, -0.05) is 26.3 Å². The molecule has 0 rings (SSSR count). The van der Waals surface area contributed by atoms with E-state index in [1.165, 1.54) is 6.42 Å². The lowest BCUT2D eigenvalue weighted by atomic mass is 10.3. The molecule has 60 valence electrons. The lowest BCUT2D eigenvalue weighted by molar-refractivity contribution is -0.132. The van der Waals surface area contributed by atoms with Gasteiger partial charge in [0, 0.05) is 5.57 Å². The summed E-state index contributed by atoms with van der Waals surface area (Å²) in [5, 5.41) is 8.11. The molecular weight excluding hydrogens is 128 g/mol. The highest BCUT2D eigenvalue weighted by Crippen LogP contribution is 1.87. The first kappa shape index (κ1) is 11.9. The zero-order valence-electron chi connectivity index (χ0n) is 7.14. The van der Waals surface area contributed by atoms with Gasteiger partial charge in [0.1, 0.15) is 0 Å². The smallest absolute Gasteiger partial charge is 0.330 e. The van der Waals surface area contributed by atoms with E-state index in [2.05, 4.69) is 13.8 Å². The predicted molar refractivity (Wildman–Crippen MR) is 43.0 cm³/mol. The van der Waals surface area contributed by atoms with Crippen LogP contribution in [0.4, 0.5) is 0 Å². The van der Waals surface area contributed by atoms with E-state index in [-0.39, 0.29) is 0 Å². The van der Waals surface area contributed by atoms with Crippen molar-refractivity contribution in [3.8, 4) is 0 Å². The van der Waals surface area contributed by atoms with Crippen LogP contribution in [-0.4, -0.2) is 11.1 Å². The fourth-order valence-electron chi connectivity index (χ4n) is 0.123. The highest BCUT2D eigenvalue weighted by molar-refractivity contribution is 5.85. The first-order chi connectivity index (χ1) is 4.59. The molecule has 0 spiro atoms. The molecule has 0 unspecified atom stereocenters. The van der Waals surface area contributed by atoms with Crippen molar-refractivity contribution in [3.63, 3.8) is 0 Å². The number of rotatable bonds is 1. The van der Waals surface area contributed by atoms with Gasteiger partial charge < -0.3 is 5.11 Å². The third kappa shape index (κ3) is 10.2. The molecule has 0 bridgehead atoms. The summed E-state index contributed by atoms with van der Waals surface area (Å²) < 4.78 is 0. The van der Waals surface area contributed by atoms with Gasteiger partial charge >= 0.3 is 5.97 Å². The maximum atomic E-state index is 9.86. The Morgan fingerprint density at radius 1 is 1.50 bits per heavy atom. The second-order valence-corrected chi connectivity index (χ2v) is 1.98. The van der Waals surface area contributed by atoms with Crippen molar-refractivity contribution in [2.24, 2.45) is 0 Å². The standard InChI is InChI=1S/C5H8O2.C3H8/c1-3-4(2)5(6)7;1-3-2/h3H,1-2H3,(H,6,7);3H2,1-2H3. The highest BCUT2D eigenvalue weighted by Gasteiger charge is 1.93. The van der Waals surface area contributed by atoms with Crippen LogP contribution < -0.4 is 0 Å². The average molecular weight is 144 g/mol. The molecule has 0 atom stereocenters. The van der Waals surface area contributed by atoms with E-state index >= 15 is 0 Å². The second kappa shape index (κ2) is 8.21. The molecule has 0 heterocycles. The summed E-state index contributed by atoms with van der Waals surface area (Å²) >= 11 is 0. The van der Waals surface area contributed by atoms with Crippen molar-refractivity contribution >= 4 is 5.97 Å². The third-order valence-electron chi connectivity index (χ3n) is 0.770. The quantitative estimate of drug-likeness (QED) is 0.574. The molecule has 2 nitrogen and oxygen atoms in total. The van der Waals surface area contributed by atoms with Crippen LogP contribution in [0.5, 0.6) is 0 Å². The lowest BCUT2D eigenvalue weighted by Crippen LogP contribution is -1.93. The van der Waals surface area contributed by atoms with Crippen LogP contribution in [0.25, 0.3) is 0 Å². The van der Waals surface area contributed by atoms with Crippen LogP contribution >= 0.6 is 0 Å².